The molecule has 1 N–H and O–H groups in total. The largest absolute Gasteiger partial charge is 0.481 e. The van der Waals surface area contributed by atoms with E-state index in [1.807, 2.05) is 86.6 Å². The summed E-state index contributed by atoms with van der Waals surface area (Å²) in [6.07, 6.45) is -0.654. The van der Waals surface area contributed by atoms with Gasteiger partial charge in [-0.3, -0.25) is 4.79 Å². The number of hydrazone groups is 1. The van der Waals surface area contributed by atoms with E-state index in [2.05, 4.69) is 10.5 Å². The van der Waals surface area contributed by atoms with Crippen LogP contribution in [0.3, 0.4) is 0 Å². The number of nitrogens with zero attached hydrogens (tertiary/aromatic N) is 1. The Hall–Kier alpha value is -3.14. The molecule has 1 unspecified atom stereocenters. The van der Waals surface area contributed by atoms with E-state index in [4.69, 9.17) is 4.74 Å². The topological polar surface area (TPSA) is 50.7 Å². The van der Waals surface area contributed by atoms with E-state index >= 15 is 0 Å². The van der Waals surface area contributed by atoms with Gasteiger partial charge in [-0.25, -0.2) is 5.43 Å². The van der Waals surface area contributed by atoms with E-state index in [0.29, 0.717) is 5.75 Å². The molecule has 3 aromatic rings. The molecule has 0 saturated carbocycles. The maximum atomic E-state index is 12.4. The van der Waals surface area contributed by atoms with Gasteiger partial charge in [-0.05, 0) is 41.3 Å². The van der Waals surface area contributed by atoms with Gasteiger partial charge in [0, 0.05) is 0 Å². The fraction of sp³-hybridized carbons (Fsp3) is 0.217. The molecule has 0 spiro atoms. The average Bonchev–Trinajstić information content (AvgIpc) is 2.68. The van der Waals surface area contributed by atoms with Gasteiger partial charge in [0.25, 0.3) is 5.91 Å². The van der Waals surface area contributed by atoms with Crippen LogP contribution < -0.4 is 10.2 Å². The van der Waals surface area contributed by atoms with Crippen molar-refractivity contribution in [3.63, 3.8) is 0 Å². The Bertz CT molecular complexity index is 949. The van der Waals surface area contributed by atoms with Gasteiger partial charge in [0.15, 0.2) is 6.10 Å². The van der Waals surface area contributed by atoms with Crippen molar-refractivity contribution in [2.75, 3.05) is 0 Å². The van der Waals surface area contributed by atoms with Crippen molar-refractivity contribution < 1.29 is 9.53 Å². The van der Waals surface area contributed by atoms with E-state index < -0.39 is 6.10 Å². The molecule has 0 fully saturated rings. The van der Waals surface area contributed by atoms with Crippen molar-refractivity contribution in [3.8, 4) is 5.75 Å². The number of benzene rings is 3. The molecular formula is C23H24N2O2. The Balaban J connectivity index is 1.69. The lowest BCUT2D eigenvalue weighted by Crippen LogP contribution is -2.34. The number of amides is 1. The van der Waals surface area contributed by atoms with Gasteiger partial charge in [-0.1, -0.05) is 74.5 Å². The van der Waals surface area contributed by atoms with Crippen LogP contribution in [0.5, 0.6) is 5.75 Å². The molecule has 138 valence electrons. The number of carbonyl (C=O) groups excluding carboxylic acids is 1. The van der Waals surface area contributed by atoms with Crippen LogP contribution in [0.25, 0.3) is 10.8 Å². The van der Waals surface area contributed by atoms with Gasteiger partial charge < -0.3 is 4.74 Å². The monoisotopic (exact) mass is 360 g/mol. The number of rotatable bonds is 6. The smallest absolute Gasteiger partial charge is 0.280 e. The zero-order valence-electron chi connectivity index (χ0n) is 15.8. The molecule has 27 heavy (non-hydrogen) atoms. The van der Waals surface area contributed by atoms with Gasteiger partial charge in [-0.15, -0.1) is 0 Å². The van der Waals surface area contributed by atoms with Crippen molar-refractivity contribution >= 4 is 22.4 Å². The van der Waals surface area contributed by atoms with Gasteiger partial charge >= 0.3 is 0 Å². The van der Waals surface area contributed by atoms with Crippen LogP contribution in [-0.4, -0.2) is 17.7 Å². The Morgan fingerprint density at radius 1 is 0.889 bits per heavy atom. The van der Waals surface area contributed by atoms with Crippen molar-refractivity contribution in [2.24, 2.45) is 11.0 Å². The Labute approximate surface area is 159 Å². The highest BCUT2D eigenvalue weighted by Gasteiger charge is 2.16. The summed E-state index contributed by atoms with van der Waals surface area (Å²) in [5, 5.41) is 6.55. The fourth-order valence-corrected chi connectivity index (χ4v) is 2.84. The minimum Gasteiger partial charge on any atom is -0.481 e. The predicted molar refractivity (Wildman–Crippen MR) is 110 cm³/mol. The fourth-order valence-electron chi connectivity index (χ4n) is 2.84. The maximum absolute atomic E-state index is 12.4. The van der Waals surface area contributed by atoms with E-state index in [-0.39, 0.29) is 11.8 Å². The second-order valence-electron chi connectivity index (χ2n) is 6.76. The van der Waals surface area contributed by atoms with Crippen LogP contribution in [0, 0.1) is 5.92 Å². The number of hydrogen-bond donors (Lipinski definition) is 1. The highest BCUT2D eigenvalue weighted by Crippen LogP contribution is 2.21. The summed E-state index contributed by atoms with van der Waals surface area (Å²) in [6.45, 7) is 5.82. The molecule has 1 atom stereocenters. The molecule has 3 rings (SSSR count). The molecule has 0 saturated heterocycles. The standard InChI is InChI=1S/C23H24N2O2/c1-16(2)22(19-10-5-4-6-11-19)24-25-23(26)17(3)27-21-14-13-18-9-7-8-12-20(18)15-21/h4-17H,1-3H3,(H,25,26)/b24-22+. The molecule has 4 nitrogen and oxygen atoms in total. The van der Waals surface area contributed by atoms with E-state index in [1.165, 1.54) is 0 Å². The first-order valence-electron chi connectivity index (χ1n) is 9.13. The van der Waals surface area contributed by atoms with Gasteiger partial charge in [0.2, 0.25) is 0 Å². The number of ether oxygens (including phenoxy) is 1. The Morgan fingerprint density at radius 3 is 2.26 bits per heavy atom. The summed E-state index contributed by atoms with van der Waals surface area (Å²) >= 11 is 0. The molecule has 0 bridgehead atoms. The predicted octanol–water partition coefficient (Wildman–Crippen LogP) is 4.78. The molecule has 1 amide bonds. The molecule has 3 aromatic carbocycles. The van der Waals surface area contributed by atoms with Crippen molar-refractivity contribution in [2.45, 2.75) is 26.9 Å². The average molecular weight is 360 g/mol. The van der Waals surface area contributed by atoms with Crippen molar-refractivity contribution in [3.05, 3.63) is 78.4 Å². The molecule has 0 aliphatic rings. The first-order valence-corrected chi connectivity index (χ1v) is 9.13. The van der Waals surface area contributed by atoms with Crippen molar-refractivity contribution in [1.82, 2.24) is 5.43 Å². The number of fused-ring (bicyclic) bond motifs is 1. The zero-order chi connectivity index (χ0) is 19.2. The van der Waals surface area contributed by atoms with Gasteiger partial charge in [-0.2, -0.15) is 5.10 Å². The molecular weight excluding hydrogens is 336 g/mol. The summed E-state index contributed by atoms with van der Waals surface area (Å²) in [4.78, 5) is 12.4. The van der Waals surface area contributed by atoms with Crippen LogP contribution in [0.4, 0.5) is 0 Å². The second kappa shape index (κ2) is 8.49. The summed E-state index contributed by atoms with van der Waals surface area (Å²) in [6, 6.07) is 23.7. The molecule has 0 aliphatic heterocycles. The van der Waals surface area contributed by atoms with Crippen LogP contribution in [-0.2, 0) is 4.79 Å². The molecule has 0 radical (unpaired) electrons. The SMILES string of the molecule is CC(Oc1ccc2ccccc2c1)C(=O)N/N=C(/c1ccccc1)C(C)C. The third-order valence-corrected chi connectivity index (χ3v) is 4.31. The lowest BCUT2D eigenvalue weighted by molar-refractivity contribution is -0.127. The normalized spacial score (nSPS) is 12.8. The molecule has 0 heterocycles. The Kier molecular flexibility index (Phi) is 5.87. The first-order chi connectivity index (χ1) is 13.0. The lowest BCUT2D eigenvalue weighted by Gasteiger charge is -2.15. The van der Waals surface area contributed by atoms with E-state index in [9.17, 15) is 4.79 Å². The highest BCUT2D eigenvalue weighted by atomic mass is 16.5. The summed E-state index contributed by atoms with van der Waals surface area (Å²) < 4.78 is 5.80. The van der Waals surface area contributed by atoms with E-state index in [1.54, 1.807) is 6.92 Å². The third kappa shape index (κ3) is 4.73. The van der Waals surface area contributed by atoms with Crippen LogP contribution in [0.15, 0.2) is 77.9 Å². The number of nitrogens with one attached hydrogen (secondary N) is 1. The van der Waals surface area contributed by atoms with E-state index in [0.717, 1.165) is 22.0 Å². The summed E-state index contributed by atoms with van der Waals surface area (Å²) in [5.74, 6) is 0.564. The quantitative estimate of drug-likeness (QED) is 0.508. The van der Waals surface area contributed by atoms with Gasteiger partial charge in [0.05, 0.1) is 5.71 Å². The molecule has 0 aromatic heterocycles. The van der Waals surface area contributed by atoms with Crippen LogP contribution >= 0.6 is 0 Å². The minimum absolute atomic E-state index is 0.185. The highest BCUT2D eigenvalue weighted by molar-refractivity contribution is 6.02. The maximum Gasteiger partial charge on any atom is 0.280 e. The first kappa shape index (κ1) is 18.6. The van der Waals surface area contributed by atoms with Gasteiger partial charge in [0.1, 0.15) is 5.75 Å². The zero-order valence-corrected chi connectivity index (χ0v) is 15.8. The third-order valence-electron chi connectivity index (χ3n) is 4.31. The molecule has 0 aliphatic carbocycles. The lowest BCUT2D eigenvalue weighted by atomic mass is 10.0. The van der Waals surface area contributed by atoms with Crippen LogP contribution in [0.2, 0.25) is 0 Å². The summed E-state index contributed by atoms with van der Waals surface area (Å²) in [7, 11) is 0. The number of hydrogen-bond acceptors (Lipinski definition) is 3. The summed E-state index contributed by atoms with van der Waals surface area (Å²) in [5.41, 5.74) is 4.48. The molecule has 4 heteroatoms. The van der Waals surface area contributed by atoms with Crippen molar-refractivity contribution in [1.29, 1.82) is 0 Å². The van der Waals surface area contributed by atoms with Crippen LogP contribution in [0.1, 0.15) is 26.3 Å². The minimum atomic E-state index is -0.654. The Morgan fingerprint density at radius 2 is 1.56 bits per heavy atom. The second-order valence-corrected chi connectivity index (χ2v) is 6.76. The number of carbonyl (C=O) groups is 1.